The second-order valence-corrected chi connectivity index (χ2v) is 15.9. The average Bonchev–Trinajstić information content (AvgIpc) is 3.23. The number of anilines is 6. The Morgan fingerprint density at radius 2 is 1.22 bits per heavy atom. The third-order valence-corrected chi connectivity index (χ3v) is 10.3. The Balaban J connectivity index is 1.24. The molecule has 60 heavy (non-hydrogen) atoms. The molecule has 2 saturated heterocycles. The van der Waals surface area contributed by atoms with Crippen molar-refractivity contribution in [1.82, 2.24) is 39.7 Å². The number of morpholine rings is 2. The zero-order chi connectivity index (χ0) is 42.5. The molecule has 0 amide bonds. The fourth-order valence-corrected chi connectivity index (χ4v) is 6.89. The van der Waals surface area contributed by atoms with Crippen molar-refractivity contribution in [3.05, 3.63) is 47.5 Å². The minimum atomic E-state index is -4.73. The molecule has 2 fully saturated rings. The van der Waals surface area contributed by atoms with Crippen LogP contribution in [0.1, 0.15) is 11.1 Å². The Hall–Kier alpha value is -5.02. The number of nitrogens with one attached hydrogen (secondary N) is 2. The van der Waals surface area contributed by atoms with Crippen LogP contribution in [-0.4, -0.2) is 165 Å². The van der Waals surface area contributed by atoms with Gasteiger partial charge in [0.2, 0.25) is 23.8 Å². The molecule has 2 aromatic heterocycles. The Labute approximate surface area is 351 Å². The largest absolute Gasteiger partial charge is 0.462 e. The van der Waals surface area contributed by atoms with Gasteiger partial charge in [0.25, 0.3) is 10.1 Å². The van der Waals surface area contributed by atoms with Gasteiger partial charge < -0.3 is 49.2 Å². The van der Waals surface area contributed by atoms with Crippen LogP contribution in [0.5, 0.6) is 12.0 Å². The minimum absolute atomic E-state index is 0.0938. The standard InChI is InChI=1S/C36H48N12O10S2/c1-45(2)11-21-55-35-41-31(39-33(43-35)47-13-17-53-18-14-47)37-27-9-7-25(29(23-27)59-58-57-49)5-6-26-8-10-28(24-30(26)60(50,51)52)38-32-40-34(48-15-19-54-20-16-48)44-36(42-32)56-22-12-46(3)4/h5-10,23-24,49H,11-22H2,1-4H3,(H,50,51,52)(H,37,39,41,43)(H,38,40,42,44)/b6-5+. The molecule has 2 aliphatic heterocycles. The third-order valence-electron chi connectivity index (χ3n) is 8.75. The highest BCUT2D eigenvalue weighted by Crippen LogP contribution is 2.32. The molecule has 2 aromatic carbocycles. The number of nitrogens with zero attached hydrogens (tertiary/aromatic N) is 10. The first kappa shape index (κ1) is 44.5. The maximum Gasteiger partial charge on any atom is 0.323 e. The smallest absolute Gasteiger partial charge is 0.323 e. The van der Waals surface area contributed by atoms with E-state index in [1.165, 1.54) is 18.2 Å². The molecule has 324 valence electrons. The van der Waals surface area contributed by atoms with Gasteiger partial charge in [0, 0.05) is 55.5 Å². The molecule has 22 nitrogen and oxygen atoms in total. The van der Waals surface area contributed by atoms with Crippen molar-refractivity contribution < 1.29 is 46.5 Å². The number of aromatic nitrogens is 6. The maximum atomic E-state index is 12.7. The Morgan fingerprint density at radius 1 is 0.733 bits per heavy atom. The molecule has 0 unspecified atom stereocenters. The fraction of sp³-hybridized carbons (Fsp3) is 0.444. The van der Waals surface area contributed by atoms with E-state index in [0.717, 1.165) is 0 Å². The van der Waals surface area contributed by atoms with Gasteiger partial charge in [-0.3, -0.25) is 4.55 Å². The van der Waals surface area contributed by atoms with Crippen molar-refractivity contribution in [2.24, 2.45) is 0 Å². The summed E-state index contributed by atoms with van der Waals surface area (Å²) in [4.78, 5) is 34.9. The van der Waals surface area contributed by atoms with E-state index >= 15 is 0 Å². The van der Waals surface area contributed by atoms with Gasteiger partial charge in [0.1, 0.15) is 18.1 Å². The Bertz CT molecular complexity index is 2180. The lowest BCUT2D eigenvalue weighted by atomic mass is 10.1. The molecule has 0 aliphatic carbocycles. The van der Waals surface area contributed by atoms with E-state index in [2.05, 4.69) is 45.6 Å². The van der Waals surface area contributed by atoms with Crippen LogP contribution in [0.25, 0.3) is 12.2 Å². The first-order valence-corrected chi connectivity index (χ1v) is 21.0. The molecule has 0 spiro atoms. The summed E-state index contributed by atoms with van der Waals surface area (Å²) in [6.45, 7) is 6.38. The number of likely N-dealkylation sites (N-methyl/N-ethyl adjacent to an activating group) is 2. The number of hydrogen-bond acceptors (Lipinski definition) is 22. The van der Waals surface area contributed by atoms with Crippen molar-refractivity contribution >= 4 is 69.5 Å². The van der Waals surface area contributed by atoms with E-state index in [1.807, 2.05) is 47.8 Å². The van der Waals surface area contributed by atoms with Crippen molar-refractivity contribution in [1.29, 1.82) is 0 Å². The molecular formula is C36H48N12O10S2. The lowest BCUT2D eigenvalue weighted by Crippen LogP contribution is -2.37. The van der Waals surface area contributed by atoms with Gasteiger partial charge >= 0.3 is 12.0 Å². The Morgan fingerprint density at radius 3 is 1.70 bits per heavy atom. The summed E-state index contributed by atoms with van der Waals surface area (Å²) in [5.41, 5.74) is 1.51. The van der Waals surface area contributed by atoms with Crippen LogP contribution < -0.4 is 29.9 Å². The third kappa shape index (κ3) is 13.2. The maximum absolute atomic E-state index is 12.7. The van der Waals surface area contributed by atoms with Gasteiger partial charge in [0.15, 0.2) is 0 Å². The topological polar surface area (TPSA) is 244 Å². The van der Waals surface area contributed by atoms with Crippen molar-refractivity contribution in [3.8, 4) is 12.0 Å². The predicted octanol–water partition coefficient (Wildman–Crippen LogP) is 2.94. The zero-order valence-corrected chi connectivity index (χ0v) is 35.2. The summed E-state index contributed by atoms with van der Waals surface area (Å²) >= 11 is 0.694. The van der Waals surface area contributed by atoms with E-state index in [0.29, 0.717) is 119 Å². The number of benzene rings is 2. The highest BCUT2D eigenvalue weighted by molar-refractivity contribution is 7.94. The quantitative estimate of drug-likeness (QED) is 0.0328. The van der Waals surface area contributed by atoms with E-state index < -0.39 is 10.1 Å². The summed E-state index contributed by atoms with van der Waals surface area (Å²) in [6.07, 6.45) is 3.12. The van der Waals surface area contributed by atoms with Gasteiger partial charge in [-0.15, -0.1) is 4.33 Å². The summed E-state index contributed by atoms with van der Waals surface area (Å²) in [7, 11) is 2.98. The van der Waals surface area contributed by atoms with Crippen LogP contribution in [0.15, 0.2) is 46.2 Å². The number of rotatable bonds is 20. The molecule has 0 saturated carbocycles. The predicted molar refractivity (Wildman–Crippen MR) is 223 cm³/mol. The van der Waals surface area contributed by atoms with Gasteiger partial charge in [-0.05, 0) is 63.6 Å². The zero-order valence-electron chi connectivity index (χ0n) is 33.6. The molecule has 2 aliphatic rings. The van der Waals surface area contributed by atoms with E-state index in [4.69, 9.17) is 28.5 Å². The molecule has 6 rings (SSSR count). The van der Waals surface area contributed by atoms with Crippen molar-refractivity contribution in [2.45, 2.75) is 9.79 Å². The summed E-state index contributed by atoms with van der Waals surface area (Å²) in [5, 5.41) is 19.1. The molecule has 0 radical (unpaired) electrons. The second-order valence-electron chi connectivity index (χ2n) is 13.8. The highest BCUT2D eigenvalue weighted by Gasteiger charge is 2.21. The van der Waals surface area contributed by atoms with Gasteiger partial charge in [0.05, 0.1) is 38.5 Å². The minimum Gasteiger partial charge on any atom is -0.462 e. The number of ether oxygens (including phenoxy) is 4. The van der Waals surface area contributed by atoms with Crippen molar-refractivity contribution in [3.63, 3.8) is 0 Å². The lowest BCUT2D eigenvalue weighted by Gasteiger charge is -2.27. The normalized spacial score (nSPS) is 14.9. The van der Waals surface area contributed by atoms with Crippen molar-refractivity contribution in [2.75, 3.05) is 128 Å². The van der Waals surface area contributed by atoms with Crippen LogP contribution in [0.3, 0.4) is 0 Å². The van der Waals surface area contributed by atoms with Crippen LogP contribution in [0.2, 0.25) is 0 Å². The molecule has 4 N–H and O–H groups in total. The van der Waals surface area contributed by atoms with Gasteiger partial charge in [-0.1, -0.05) is 29.3 Å². The Kier molecular flexibility index (Phi) is 15.9. The monoisotopic (exact) mass is 872 g/mol. The fourth-order valence-electron chi connectivity index (χ4n) is 5.67. The van der Waals surface area contributed by atoms with Crippen LogP contribution >= 0.6 is 12.0 Å². The summed E-state index contributed by atoms with van der Waals surface area (Å²) in [6, 6.07) is 9.78. The lowest BCUT2D eigenvalue weighted by molar-refractivity contribution is -0.432. The van der Waals surface area contributed by atoms with E-state index in [9.17, 15) is 13.0 Å². The highest BCUT2D eigenvalue weighted by atomic mass is 32.2. The molecule has 0 bridgehead atoms. The summed E-state index contributed by atoms with van der Waals surface area (Å²) in [5.74, 6) is 1.13. The molecular weight excluding hydrogens is 825 g/mol. The first-order chi connectivity index (χ1) is 28.9. The SMILES string of the molecule is CN(C)CCOc1nc(Nc2ccc(/C=C/c3ccc(Nc4nc(OCCN(C)C)nc(N5CCOCC5)n4)cc3S(=O)(=O)O)c(SOOO)c2)nc(N2CCOCC2)n1. The molecule has 4 heterocycles. The average molecular weight is 873 g/mol. The number of hydrogen-bond donors (Lipinski definition) is 4. The summed E-state index contributed by atoms with van der Waals surface area (Å²) < 4.78 is 63.2. The van der Waals surface area contributed by atoms with Gasteiger partial charge in [-0.25, -0.2) is 5.26 Å². The molecule has 24 heteroatoms. The van der Waals surface area contributed by atoms with Crippen LogP contribution in [0, 0.1) is 0 Å². The second kappa shape index (κ2) is 21.5. The van der Waals surface area contributed by atoms with Gasteiger partial charge in [-0.2, -0.15) is 38.3 Å². The molecule has 0 atom stereocenters. The van der Waals surface area contributed by atoms with Crippen LogP contribution in [-0.2, 0) is 29.0 Å². The van der Waals surface area contributed by atoms with E-state index in [-0.39, 0.29) is 40.1 Å². The first-order valence-electron chi connectivity index (χ1n) is 18.8. The van der Waals surface area contributed by atoms with Crippen LogP contribution in [0.4, 0.5) is 35.2 Å². The molecule has 4 aromatic rings. The van der Waals surface area contributed by atoms with E-state index in [1.54, 1.807) is 30.3 Å².